The number of carbonyl (C=O) groups excluding carboxylic acids is 1. The number of amides is 1. The van der Waals surface area contributed by atoms with Gasteiger partial charge in [0.2, 0.25) is 5.91 Å². The first kappa shape index (κ1) is 11.9. The maximum atomic E-state index is 12.3. The molecule has 0 saturated carbocycles. The normalized spacial score (nSPS) is 40.1. The quantitative estimate of drug-likeness (QED) is 0.707. The van der Waals surface area contributed by atoms with Gasteiger partial charge in [0.1, 0.15) is 6.04 Å². The summed E-state index contributed by atoms with van der Waals surface area (Å²) in [6.45, 7) is 9.67. The van der Waals surface area contributed by atoms with Crippen molar-refractivity contribution in [2.75, 3.05) is 26.2 Å². The van der Waals surface area contributed by atoms with Crippen LogP contribution in [0.25, 0.3) is 0 Å². The van der Waals surface area contributed by atoms with Gasteiger partial charge in [0.05, 0.1) is 12.7 Å². The van der Waals surface area contributed by atoms with E-state index >= 15 is 0 Å². The average Bonchev–Trinajstić information content (AvgIpc) is 2.59. The Bertz CT molecular complexity index is 260. The van der Waals surface area contributed by atoms with Crippen LogP contribution in [0.3, 0.4) is 0 Å². The SMILES string of the molecule is CC1CN(C(=O)[C@H]2NCCO[C@@H]2C)CC1C. The van der Waals surface area contributed by atoms with Gasteiger partial charge in [0.15, 0.2) is 0 Å². The van der Waals surface area contributed by atoms with E-state index in [1.807, 2.05) is 11.8 Å². The monoisotopic (exact) mass is 226 g/mol. The fourth-order valence-corrected chi connectivity index (χ4v) is 2.52. The number of morpholine rings is 1. The highest BCUT2D eigenvalue weighted by Crippen LogP contribution is 2.23. The first-order valence-electron chi connectivity index (χ1n) is 6.23. The van der Waals surface area contributed by atoms with Crippen LogP contribution < -0.4 is 5.32 Å². The molecule has 1 N–H and O–H groups in total. The molecule has 4 nitrogen and oxygen atoms in total. The van der Waals surface area contributed by atoms with E-state index in [4.69, 9.17) is 4.74 Å². The van der Waals surface area contributed by atoms with E-state index in [1.54, 1.807) is 0 Å². The highest BCUT2D eigenvalue weighted by molar-refractivity contribution is 5.83. The lowest BCUT2D eigenvalue weighted by Gasteiger charge is -2.32. The predicted octanol–water partition coefficient (Wildman–Crippen LogP) is 0.478. The minimum atomic E-state index is -0.147. The van der Waals surface area contributed by atoms with Gasteiger partial charge in [-0.1, -0.05) is 13.8 Å². The van der Waals surface area contributed by atoms with Crippen LogP contribution in [0.15, 0.2) is 0 Å². The molecule has 2 aliphatic rings. The lowest BCUT2D eigenvalue weighted by Crippen LogP contribution is -2.56. The van der Waals surface area contributed by atoms with Gasteiger partial charge in [0.25, 0.3) is 0 Å². The molecule has 0 aromatic rings. The zero-order valence-electron chi connectivity index (χ0n) is 10.4. The smallest absolute Gasteiger partial charge is 0.242 e. The molecule has 0 aliphatic carbocycles. The van der Waals surface area contributed by atoms with E-state index in [0.29, 0.717) is 18.4 Å². The van der Waals surface area contributed by atoms with Crippen molar-refractivity contribution in [1.82, 2.24) is 10.2 Å². The molecular formula is C12H22N2O2. The maximum Gasteiger partial charge on any atom is 0.242 e. The van der Waals surface area contributed by atoms with Gasteiger partial charge in [-0.2, -0.15) is 0 Å². The second-order valence-corrected chi connectivity index (χ2v) is 5.21. The van der Waals surface area contributed by atoms with E-state index < -0.39 is 0 Å². The Morgan fingerprint density at radius 1 is 1.25 bits per heavy atom. The predicted molar refractivity (Wildman–Crippen MR) is 62.1 cm³/mol. The van der Waals surface area contributed by atoms with E-state index in [-0.39, 0.29) is 18.1 Å². The number of rotatable bonds is 1. The molecule has 16 heavy (non-hydrogen) atoms. The van der Waals surface area contributed by atoms with Crippen LogP contribution in [-0.2, 0) is 9.53 Å². The first-order chi connectivity index (χ1) is 7.59. The van der Waals surface area contributed by atoms with Crippen molar-refractivity contribution >= 4 is 5.91 Å². The molecule has 0 aromatic carbocycles. The van der Waals surface area contributed by atoms with Crippen LogP contribution in [0.1, 0.15) is 20.8 Å². The van der Waals surface area contributed by atoms with E-state index in [2.05, 4.69) is 19.2 Å². The molecule has 0 bridgehead atoms. The molecule has 2 fully saturated rings. The molecule has 0 aromatic heterocycles. The third kappa shape index (κ3) is 2.23. The first-order valence-corrected chi connectivity index (χ1v) is 6.23. The van der Waals surface area contributed by atoms with Gasteiger partial charge >= 0.3 is 0 Å². The highest BCUT2D eigenvalue weighted by Gasteiger charge is 2.36. The Kier molecular flexibility index (Phi) is 3.50. The standard InChI is InChI=1S/C12H22N2O2/c1-8-6-14(7-9(8)2)12(15)11-10(3)16-5-4-13-11/h8-11,13H,4-7H2,1-3H3/t8?,9?,10-,11+/m1/s1. The highest BCUT2D eigenvalue weighted by atomic mass is 16.5. The van der Waals surface area contributed by atoms with E-state index in [1.165, 1.54) is 0 Å². The summed E-state index contributed by atoms with van der Waals surface area (Å²) < 4.78 is 5.51. The minimum absolute atomic E-state index is 0.00698. The maximum absolute atomic E-state index is 12.3. The summed E-state index contributed by atoms with van der Waals surface area (Å²) in [5.41, 5.74) is 0. The largest absolute Gasteiger partial charge is 0.375 e. The number of hydrogen-bond acceptors (Lipinski definition) is 3. The lowest BCUT2D eigenvalue weighted by molar-refractivity contribution is -0.138. The molecule has 2 unspecified atom stereocenters. The summed E-state index contributed by atoms with van der Waals surface area (Å²) in [7, 11) is 0. The van der Waals surface area contributed by atoms with E-state index in [0.717, 1.165) is 19.6 Å². The third-order valence-corrected chi connectivity index (χ3v) is 3.88. The third-order valence-electron chi connectivity index (χ3n) is 3.88. The number of nitrogens with zero attached hydrogens (tertiary/aromatic N) is 1. The zero-order valence-corrected chi connectivity index (χ0v) is 10.4. The second kappa shape index (κ2) is 4.72. The number of likely N-dealkylation sites (tertiary alicyclic amines) is 1. The lowest BCUT2D eigenvalue weighted by atomic mass is 10.0. The molecule has 4 atom stereocenters. The molecule has 92 valence electrons. The molecule has 0 radical (unpaired) electrons. The topological polar surface area (TPSA) is 41.6 Å². The van der Waals surface area contributed by atoms with Crippen molar-refractivity contribution in [1.29, 1.82) is 0 Å². The Labute approximate surface area is 97.3 Å². The van der Waals surface area contributed by atoms with Crippen LogP contribution >= 0.6 is 0 Å². The van der Waals surface area contributed by atoms with Crippen LogP contribution in [0.5, 0.6) is 0 Å². The van der Waals surface area contributed by atoms with Gasteiger partial charge in [-0.25, -0.2) is 0 Å². The molecule has 2 aliphatic heterocycles. The van der Waals surface area contributed by atoms with Crippen LogP contribution in [0, 0.1) is 11.8 Å². The number of nitrogens with one attached hydrogen (secondary N) is 1. The summed E-state index contributed by atoms with van der Waals surface area (Å²) in [6.07, 6.45) is -0.00698. The average molecular weight is 226 g/mol. The van der Waals surface area contributed by atoms with Crippen LogP contribution in [0.4, 0.5) is 0 Å². The summed E-state index contributed by atoms with van der Waals surface area (Å²) in [6, 6.07) is -0.147. The second-order valence-electron chi connectivity index (χ2n) is 5.21. The summed E-state index contributed by atoms with van der Waals surface area (Å²) in [4.78, 5) is 14.3. The molecular weight excluding hydrogens is 204 g/mol. The zero-order chi connectivity index (χ0) is 11.7. The molecule has 0 spiro atoms. The number of hydrogen-bond donors (Lipinski definition) is 1. The Morgan fingerprint density at radius 3 is 2.44 bits per heavy atom. The van der Waals surface area contributed by atoms with Gasteiger partial charge in [-0.15, -0.1) is 0 Å². The van der Waals surface area contributed by atoms with Crippen LogP contribution in [-0.4, -0.2) is 49.2 Å². The molecule has 2 heterocycles. The molecule has 2 rings (SSSR count). The number of ether oxygens (including phenoxy) is 1. The fraction of sp³-hybridized carbons (Fsp3) is 0.917. The van der Waals surface area contributed by atoms with Crippen molar-refractivity contribution in [3.8, 4) is 0 Å². The molecule has 4 heteroatoms. The summed E-state index contributed by atoms with van der Waals surface area (Å²) in [5.74, 6) is 1.44. The van der Waals surface area contributed by atoms with Crippen LogP contribution in [0.2, 0.25) is 0 Å². The minimum Gasteiger partial charge on any atom is -0.375 e. The Morgan fingerprint density at radius 2 is 1.88 bits per heavy atom. The Balaban J connectivity index is 1.96. The van der Waals surface area contributed by atoms with Crippen molar-refractivity contribution in [2.24, 2.45) is 11.8 Å². The fourth-order valence-electron chi connectivity index (χ4n) is 2.52. The van der Waals surface area contributed by atoms with Crippen molar-refractivity contribution in [3.05, 3.63) is 0 Å². The molecule has 2 saturated heterocycles. The summed E-state index contributed by atoms with van der Waals surface area (Å²) >= 11 is 0. The Hall–Kier alpha value is -0.610. The van der Waals surface area contributed by atoms with E-state index in [9.17, 15) is 4.79 Å². The van der Waals surface area contributed by atoms with Gasteiger partial charge < -0.3 is 15.0 Å². The van der Waals surface area contributed by atoms with Gasteiger partial charge in [-0.3, -0.25) is 4.79 Å². The van der Waals surface area contributed by atoms with Gasteiger partial charge in [-0.05, 0) is 18.8 Å². The summed E-state index contributed by atoms with van der Waals surface area (Å²) in [5, 5.41) is 3.26. The van der Waals surface area contributed by atoms with Crippen molar-refractivity contribution < 1.29 is 9.53 Å². The van der Waals surface area contributed by atoms with Crippen molar-refractivity contribution in [2.45, 2.75) is 32.9 Å². The van der Waals surface area contributed by atoms with Gasteiger partial charge in [0, 0.05) is 19.6 Å². The number of carbonyl (C=O) groups is 1. The molecule has 1 amide bonds. The van der Waals surface area contributed by atoms with Crippen molar-refractivity contribution in [3.63, 3.8) is 0 Å².